The van der Waals surface area contributed by atoms with Crippen molar-refractivity contribution in [2.45, 2.75) is 64.6 Å². The molecule has 9 nitrogen and oxygen atoms in total. The Morgan fingerprint density at radius 2 is 1.55 bits per heavy atom. The molecule has 2 aliphatic rings. The Hall–Kier alpha value is -3.88. The number of aromatic hydroxyl groups is 1. The topological polar surface area (TPSA) is 110 Å². The van der Waals surface area contributed by atoms with Crippen LogP contribution < -0.4 is 5.32 Å². The molecule has 2 atom stereocenters. The molecule has 4 amide bonds. The lowest BCUT2D eigenvalue weighted by Gasteiger charge is -2.41. The molecule has 40 heavy (non-hydrogen) atoms. The molecule has 0 saturated carbocycles. The average Bonchev–Trinajstić information content (AvgIpc) is 2.94. The summed E-state index contributed by atoms with van der Waals surface area (Å²) in [5, 5.41) is 12.2. The SMILES string of the molecule is CC(C)C[C@H]1CN(CCCC[C@H]2CNC(=O)C(=O)N2CCc2ccc(O)cc2)C(=O)C(=O)N1Cc1ccccc1. The molecule has 0 unspecified atom stereocenters. The van der Waals surface area contributed by atoms with Gasteiger partial charge in [-0.3, -0.25) is 19.2 Å². The summed E-state index contributed by atoms with van der Waals surface area (Å²) in [6, 6.07) is 16.4. The van der Waals surface area contributed by atoms with Crippen LogP contribution in [-0.2, 0) is 32.1 Å². The van der Waals surface area contributed by atoms with Crippen molar-refractivity contribution in [1.29, 1.82) is 0 Å². The third-order valence-electron chi connectivity index (χ3n) is 7.73. The van der Waals surface area contributed by atoms with Crippen LogP contribution in [0.1, 0.15) is 50.7 Å². The molecular weight excluding hydrogens is 508 g/mol. The van der Waals surface area contributed by atoms with Gasteiger partial charge in [0, 0.05) is 38.8 Å². The lowest BCUT2D eigenvalue weighted by atomic mass is 9.98. The fourth-order valence-corrected chi connectivity index (χ4v) is 5.61. The van der Waals surface area contributed by atoms with E-state index >= 15 is 0 Å². The van der Waals surface area contributed by atoms with Crippen molar-refractivity contribution in [3.8, 4) is 5.75 Å². The quantitative estimate of drug-likeness (QED) is 0.313. The van der Waals surface area contributed by atoms with Crippen LogP contribution in [0.2, 0.25) is 0 Å². The molecule has 2 N–H and O–H groups in total. The smallest absolute Gasteiger partial charge is 0.312 e. The van der Waals surface area contributed by atoms with E-state index in [1.807, 2.05) is 42.5 Å². The van der Waals surface area contributed by atoms with Gasteiger partial charge < -0.3 is 25.1 Å². The number of hydrogen-bond donors (Lipinski definition) is 2. The monoisotopic (exact) mass is 548 g/mol. The first-order valence-corrected chi connectivity index (χ1v) is 14.2. The fraction of sp³-hybridized carbons (Fsp3) is 0.484. The Kier molecular flexibility index (Phi) is 9.79. The van der Waals surface area contributed by atoms with Crippen LogP contribution in [0.25, 0.3) is 0 Å². The summed E-state index contributed by atoms with van der Waals surface area (Å²) in [6.07, 6.45) is 3.55. The van der Waals surface area contributed by atoms with E-state index < -0.39 is 23.6 Å². The van der Waals surface area contributed by atoms with Crippen LogP contribution in [0.15, 0.2) is 54.6 Å². The van der Waals surface area contributed by atoms with Gasteiger partial charge in [0.15, 0.2) is 0 Å². The fourth-order valence-electron chi connectivity index (χ4n) is 5.61. The van der Waals surface area contributed by atoms with Crippen molar-refractivity contribution < 1.29 is 24.3 Å². The van der Waals surface area contributed by atoms with Crippen LogP contribution in [0.4, 0.5) is 0 Å². The highest BCUT2D eigenvalue weighted by atomic mass is 16.3. The normalized spacial score (nSPS) is 19.9. The van der Waals surface area contributed by atoms with E-state index in [9.17, 15) is 24.3 Å². The second-order valence-corrected chi connectivity index (χ2v) is 11.2. The maximum absolute atomic E-state index is 13.2. The zero-order valence-electron chi connectivity index (χ0n) is 23.4. The molecule has 2 saturated heterocycles. The number of nitrogens with one attached hydrogen (secondary N) is 1. The van der Waals surface area contributed by atoms with Gasteiger partial charge in [-0.05, 0) is 61.3 Å². The van der Waals surface area contributed by atoms with Crippen molar-refractivity contribution >= 4 is 23.6 Å². The zero-order valence-corrected chi connectivity index (χ0v) is 23.4. The van der Waals surface area contributed by atoms with Gasteiger partial charge >= 0.3 is 23.6 Å². The van der Waals surface area contributed by atoms with Gasteiger partial charge in [0.1, 0.15) is 5.75 Å². The van der Waals surface area contributed by atoms with Crippen LogP contribution in [-0.4, -0.2) is 81.7 Å². The summed E-state index contributed by atoms with van der Waals surface area (Å²) < 4.78 is 0. The van der Waals surface area contributed by atoms with Crippen molar-refractivity contribution in [2.24, 2.45) is 5.92 Å². The number of carbonyl (C=O) groups excluding carboxylic acids is 4. The number of carbonyl (C=O) groups is 4. The third-order valence-corrected chi connectivity index (χ3v) is 7.73. The molecule has 9 heteroatoms. The molecule has 2 heterocycles. The number of piperazine rings is 2. The number of phenols is 1. The Morgan fingerprint density at radius 1 is 0.825 bits per heavy atom. The lowest BCUT2D eigenvalue weighted by Crippen LogP contribution is -2.59. The van der Waals surface area contributed by atoms with Gasteiger partial charge in [0.2, 0.25) is 0 Å². The van der Waals surface area contributed by atoms with Crippen molar-refractivity contribution in [1.82, 2.24) is 20.0 Å². The van der Waals surface area contributed by atoms with Crippen LogP contribution >= 0.6 is 0 Å². The molecule has 0 bridgehead atoms. The van der Waals surface area contributed by atoms with Crippen molar-refractivity contribution in [3.05, 3.63) is 65.7 Å². The molecule has 0 spiro atoms. The van der Waals surface area contributed by atoms with E-state index in [2.05, 4.69) is 19.2 Å². The molecule has 2 aromatic rings. The second kappa shape index (κ2) is 13.5. The number of benzene rings is 2. The summed E-state index contributed by atoms with van der Waals surface area (Å²) in [6.45, 7) is 6.50. The van der Waals surface area contributed by atoms with E-state index in [0.717, 1.165) is 24.0 Å². The number of amides is 4. The number of nitrogens with zero attached hydrogens (tertiary/aromatic N) is 3. The minimum absolute atomic E-state index is 0.0352. The van der Waals surface area contributed by atoms with Crippen LogP contribution in [0.5, 0.6) is 5.75 Å². The number of unbranched alkanes of at least 4 members (excludes halogenated alkanes) is 1. The molecule has 2 aromatic carbocycles. The van der Waals surface area contributed by atoms with Gasteiger partial charge in [-0.25, -0.2) is 0 Å². The third kappa shape index (κ3) is 7.40. The maximum atomic E-state index is 13.2. The summed E-state index contributed by atoms with van der Waals surface area (Å²) >= 11 is 0. The largest absolute Gasteiger partial charge is 0.508 e. The lowest BCUT2D eigenvalue weighted by molar-refractivity contribution is -0.160. The maximum Gasteiger partial charge on any atom is 0.312 e. The number of rotatable bonds is 12. The van der Waals surface area contributed by atoms with Crippen LogP contribution in [0.3, 0.4) is 0 Å². The van der Waals surface area contributed by atoms with Gasteiger partial charge in [-0.2, -0.15) is 0 Å². The molecule has 2 aliphatic heterocycles. The molecule has 2 fully saturated rings. The predicted molar refractivity (Wildman–Crippen MR) is 151 cm³/mol. The first-order valence-electron chi connectivity index (χ1n) is 14.2. The van der Waals surface area contributed by atoms with E-state index in [1.165, 1.54) is 0 Å². The Morgan fingerprint density at radius 3 is 2.25 bits per heavy atom. The van der Waals surface area contributed by atoms with E-state index in [-0.39, 0.29) is 17.8 Å². The van der Waals surface area contributed by atoms with E-state index in [1.54, 1.807) is 26.8 Å². The Balaban J connectivity index is 1.31. The molecular formula is C31H40N4O5. The highest BCUT2D eigenvalue weighted by Gasteiger charge is 2.39. The standard InChI is InChI=1S/C31H40N4O5/c1-22(2)18-26-21-33(30(39)31(40)35(26)20-24-8-4-3-5-9-24)16-7-6-10-25-19-32-28(37)29(38)34(25)17-15-23-11-13-27(36)14-12-23/h3-5,8-9,11-14,22,25-26,36H,6-7,10,15-21H2,1-2H3,(H,32,37)/t25-,26-/m0/s1. The average molecular weight is 549 g/mol. The second-order valence-electron chi connectivity index (χ2n) is 11.2. The predicted octanol–water partition coefficient (Wildman–Crippen LogP) is 2.72. The number of phenolic OH excluding ortho intramolecular Hbond substituents is 1. The minimum Gasteiger partial charge on any atom is -0.508 e. The first kappa shape index (κ1) is 29.1. The minimum atomic E-state index is -0.587. The van der Waals surface area contributed by atoms with Gasteiger partial charge in [0.25, 0.3) is 0 Å². The number of hydrogen-bond acceptors (Lipinski definition) is 5. The first-order chi connectivity index (χ1) is 19.2. The highest BCUT2D eigenvalue weighted by Crippen LogP contribution is 2.23. The summed E-state index contributed by atoms with van der Waals surface area (Å²) in [5.41, 5.74) is 1.98. The molecule has 0 radical (unpaired) electrons. The zero-order chi connectivity index (χ0) is 28.6. The molecule has 0 aliphatic carbocycles. The summed E-state index contributed by atoms with van der Waals surface area (Å²) in [7, 11) is 0. The molecule has 0 aromatic heterocycles. The van der Waals surface area contributed by atoms with Crippen molar-refractivity contribution in [3.63, 3.8) is 0 Å². The van der Waals surface area contributed by atoms with Gasteiger partial charge in [-0.15, -0.1) is 0 Å². The molecule has 214 valence electrons. The van der Waals surface area contributed by atoms with E-state index in [0.29, 0.717) is 57.9 Å². The molecule has 4 rings (SSSR count). The van der Waals surface area contributed by atoms with Gasteiger partial charge in [-0.1, -0.05) is 56.3 Å². The van der Waals surface area contributed by atoms with Crippen molar-refractivity contribution in [2.75, 3.05) is 26.2 Å². The van der Waals surface area contributed by atoms with Gasteiger partial charge in [0.05, 0.1) is 6.04 Å². The van der Waals surface area contributed by atoms with Crippen LogP contribution in [0, 0.1) is 5.92 Å². The Bertz CT molecular complexity index is 1180. The summed E-state index contributed by atoms with van der Waals surface area (Å²) in [5.74, 6) is -1.44. The van der Waals surface area contributed by atoms with E-state index in [4.69, 9.17) is 0 Å². The summed E-state index contributed by atoms with van der Waals surface area (Å²) in [4.78, 5) is 55.9. The highest BCUT2D eigenvalue weighted by molar-refractivity contribution is 6.36. The Labute approximate surface area is 236 Å².